The molecule has 1 aliphatic rings. The Morgan fingerprint density at radius 1 is 1.26 bits per heavy atom. The van der Waals surface area contributed by atoms with Gasteiger partial charge in [0.1, 0.15) is 0 Å². The number of benzene rings is 1. The molecule has 2 aromatic rings. The SMILES string of the molecule is O=C(CC1(O)CCCCC1)Nc1ccc(-n2nn[nH]c2=O)cc1. The van der Waals surface area contributed by atoms with E-state index in [2.05, 4.69) is 20.8 Å². The average molecular weight is 317 g/mol. The lowest BCUT2D eigenvalue weighted by molar-refractivity contribution is -0.122. The van der Waals surface area contributed by atoms with Crippen LogP contribution in [0.1, 0.15) is 38.5 Å². The topological polar surface area (TPSA) is 113 Å². The summed E-state index contributed by atoms with van der Waals surface area (Å²) in [5.74, 6) is -0.208. The van der Waals surface area contributed by atoms with Crippen molar-refractivity contribution in [2.24, 2.45) is 0 Å². The number of tetrazole rings is 1. The molecule has 0 atom stereocenters. The Hall–Kier alpha value is -2.48. The van der Waals surface area contributed by atoms with Gasteiger partial charge in [0.15, 0.2) is 0 Å². The Kier molecular flexibility index (Phi) is 4.24. The first kappa shape index (κ1) is 15.4. The summed E-state index contributed by atoms with van der Waals surface area (Å²) in [7, 11) is 0. The molecule has 1 aliphatic carbocycles. The lowest BCUT2D eigenvalue weighted by Crippen LogP contribution is -2.35. The Bertz CT molecular complexity index is 728. The number of hydrogen-bond acceptors (Lipinski definition) is 5. The minimum absolute atomic E-state index is 0.109. The van der Waals surface area contributed by atoms with Gasteiger partial charge in [-0.1, -0.05) is 19.3 Å². The molecule has 1 amide bonds. The van der Waals surface area contributed by atoms with E-state index in [1.807, 2.05) is 0 Å². The van der Waals surface area contributed by atoms with Gasteiger partial charge in [0.2, 0.25) is 5.91 Å². The molecule has 1 aromatic heterocycles. The van der Waals surface area contributed by atoms with Gasteiger partial charge in [-0.25, -0.2) is 9.89 Å². The first-order valence-electron chi connectivity index (χ1n) is 7.69. The van der Waals surface area contributed by atoms with Crippen LogP contribution >= 0.6 is 0 Å². The van der Waals surface area contributed by atoms with Gasteiger partial charge in [-0.2, -0.15) is 4.68 Å². The second-order valence-electron chi connectivity index (χ2n) is 5.98. The maximum absolute atomic E-state index is 12.1. The maximum Gasteiger partial charge on any atom is 0.365 e. The van der Waals surface area contributed by atoms with Crippen molar-refractivity contribution in [3.8, 4) is 5.69 Å². The number of aromatic amines is 1. The van der Waals surface area contributed by atoms with E-state index in [0.29, 0.717) is 24.2 Å². The van der Waals surface area contributed by atoms with Crippen LogP contribution < -0.4 is 11.0 Å². The molecule has 0 unspecified atom stereocenters. The van der Waals surface area contributed by atoms with Crippen LogP contribution in [0.25, 0.3) is 5.69 Å². The van der Waals surface area contributed by atoms with Gasteiger partial charge >= 0.3 is 5.69 Å². The Morgan fingerprint density at radius 2 is 1.96 bits per heavy atom. The highest BCUT2D eigenvalue weighted by Gasteiger charge is 2.31. The van der Waals surface area contributed by atoms with Gasteiger partial charge in [0, 0.05) is 5.69 Å². The lowest BCUT2D eigenvalue weighted by atomic mass is 9.82. The minimum atomic E-state index is -0.879. The van der Waals surface area contributed by atoms with E-state index in [9.17, 15) is 14.7 Å². The summed E-state index contributed by atoms with van der Waals surface area (Å²) < 4.78 is 1.12. The van der Waals surface area contributed by atoms with Crippen LogP contribution in [0.3, 0.4) is 0 Å². The third-order valence-electron chi connectivity index (χ3n) is 4.14. The zero-order valence-electron chi connectivity index (χ0n) is 12.7. The number of nitrogens with zero attached hydrogens (tertiary/aromatic N) is 3. The summed E-state index contributed by atoms with van der Waals surface area (Å²) in [4.78, 5) is 23.5. The summed E-state index contributed by atoms with van der Waals surface area (Å²) >= 11 is 0. The van der Waals surface area contributed by atoms with Crippen molar-refractivity contribution in [2.75, 3.05) is 5.32 Å². The number of rotatable bonds is 4. The van der Waals surface area contributed by atoms with Gasteiger partial charge in [0.05, 0.1) is 17.7 Å². The molecule has 122 valence electrons. The molecule has 3 rings (SSSR count). The minimum Gasteiger partial charge on any atom is -0.389 e. The quantitative estimate of drug-likeness (QED) is 0.778. The normalized spacial score (nSPS) is 16.9. The largest absolute Gasteiger partial charge is 0.389 e. The molecule has 3 N–H and O–H groups in total. The van der Waals surface area contributed by atoms with Crippen LogP contribution in [0.2, 0.25) is 0 Å². The third-order valence-corrected chi connectivity index (χ3v) is 4.14. The molecule has 0 aliphatic heterocycles. The smallest absolute Gasteiger partial charge is 0.365 e. The predicted octanol–water partition coefficient (Wildman–Crippen LogP) is 0.979. The van der Waals surface area contributed by atoms with Gasteiger partial charge < -0.3 is 10.4 Å². The van der Waals surface area contributed by atoms with Crippen LogP contribution in [0.5, 0.6) is 0 Å². The maximum atomic E-state index is 12.1. The van der Waals surface area contributed by atoms with Crippen LogP contribution in [0, 0.1) is 0 Å². The number of anilines is 1. The highest BCUT2D eigenvalue weighted by Crippen LogP contribution is 2.31. The van der Waals surface area contributed by atoms with Crippen LogP contribution in [-0.2, 0) is 4.79 Å². The first-order valence-corrected chi connectivity index (χ1v) is 7.69. The molecule has 1 heterocycles. The molecule has 0 saturated heterocycles. The molecular weight excluding hydrogens is 298 g/mol. The number of hydrogen-bond donors (Lipinski definition) is 3. The van der Waals surface area contributed by atoms with Crippen LogP contribution in [0.15, 0.2) is 29.1 Å². The second-order valence-corrected chi connectivity index (χ2v) is 5.98. The van der Waals surface area contributed by atoms with Crippen LogP contribution in [-0.4, -0.2) is 36.8 Å². The lowest BCUT2D eigenvalue weighted by Gasteiger charge is -2.31. The fourth-order valence-electron chi connectivity index (χ4n) is 2.94. The van der Waals surface area contributed by atoms with Crippen molar-refractivity contribution in [1.29, 1.82) is 0 Å². The zero-order valence-corrected chi connectivity index (χ0v) is 12.7. The van der Waals surface area contributed by atoms with Crippen LogP contribution in [0.4, 0.5) is 5.69 Å². The number of carbonyl (C=O) groups excluding carboxylic acids is 1. The molecule has 1 saturated carbocycles. The molecular formula is C15H19N5O3. The highest BCUT2D eigenvalue weighted by atomic mass is 16.3. The van der Waals surface area contributed by atoms with Gasteiger partial charge in [-0.3, -0.25) is 4.79 Å². The van der Waals surface area contributed by atoms with Crippen molar-refractivity contribution in [3.05, 3.63) is 34.7 Å². The van der Waals surface area contributed by atoms with E-state index in [1.54, 1.807) is 24.3 Å². The standard InChI is InChI=1S/C15H19N5O3/c21-13(10-15(23)8-2-1-3-9-15)16-11-4-6-12(7-5-11)20-14(22)17-18-19-20/h4-7,23H,1-3,8-10H2,(H,16,21)(H,17,19,22). The Labute approximate surface area is 132 Å². The van der Waals surface area contributed by atoms with E-state index in [-0.39, 0.29) is 12.3 Å². The fraction of sp³-hybridized carbons (Fsp3) is 0.467. The van der Waals surface area contributed by atoms with E-state index < -0.39 is 11.3 Å². The van der Waals surface area contributed by atoms with Gasteiger partial charge in [-0.15, -0.1) is 0 Å². The Morgan fingerprint density at radius 3 is 2.57 bits per heavy atom. The molecule has 0 spiro atoms. The fourth-order valence-corrected chi connectivity index (χ4v) is 2.94. The van der Waals surface area contributed by atoms with Gasteiger partial charge in [0.25, 0.3) is 0 Å². The number of aliphatic hydroxyl groups is 1. The summed E-state index contributed by atoms with van der Waals surface area (Å²) in [5, 5.41) is 22.4. The van der Waals surface area contributed by atoms with Crippen molar-refractivity contribution in [3.63, 3.8) is 0 Å². The number of nitrogens with one attached hydrogen (secondary N) is 2. The molecule has 8 nitrogen and oxygen atoms in total. The Balaban J connectivity index is 1.63. The highest BCUT2D eigenvalue weighted by molar-refractivity contribution is 5.91. The summed E-state index contributed by atoms with van der Waals surface area (Å²) in [6.45, 7) is 0. The predicted molar refractivity (Wildman–Crippen MR) is 83.3 cm³/mol. The monoisotopic (exact) mass is 317 g/mol. The average Bonchev–Trinajstić information content (AvgIpc) is 2.94. The van der Waals surface area contributed by atoms with Crippen molar-refractivity contribution < 1.29 is 9.90 Å². The number of H-pyrrole nitrogens is 1. The molecule has 1 aromatic carbocycles. The third kappa shape index (κ3) is 3.65. The van der Waals surface area contributed by atoms with Crippen molar-refractivity contribution in [1.82, 2.24) is 20.2 Å². The summed E-state index contributed by atoms with van der Waals surface area (Å²) in [6, 6.07) is 6.68. The molecule has 0 radical (unpaired) electrons. The number of carbonyl (C=O) groups is 1. The van der Waals surface area contributed by atoms with E-state index in [1.165, 1.54) is 0 Å². The van der Waals surface area contributed by atoms with Gasteiger partial charge in [-0.05, 0) is 47.5 Å². The number of aromatic nitrogens is 4. The first-order chi connectivity index (χ1) is 11.1. The molecule has 0 bridgehead atoms. The van der Waals surface area contributed by atoms with E-state index in [4.69, 9.17) is 0 Å². The molecule has 1 fully saturated rings. The molecule has 8 heteroatoms. The number of amides is 1. The zero-order chi connectivity index (χ0) is 16.3. The molecule has 23 heavy (non-hydrogen) atoms. The van der Waals surface area contributed by atoms with Crippen molar-refractivity contribution >= 4 is 11.6 Å². The van der Waals surface area contributed by atoms with Crippen molar-refractivity contribution in [2.45, 2.75) is 44.1 Å². The van der Waals surface area contributed by atoms with E-state index in [0.717, 1.165) is 23.9 Å². The second kappa shape index (κ2) is 6.33. The summed E-state index contributed by atoms with van der Waals surface area (Å²) in [6.07, 6.45) is 4.50. The van der Waals surface area contributed by atoms with E-state index >= 15 is 0 Å². The summed E-state index contributed by atoms with van der Waals surface area (Å²) in [5.41, 5.74) is -0.153.